The van der Waals surface area contributed by atoms with Crippen LogP contribution in [-0.2, 0) is 18.3 Å². The highest BCUT2D eigenvalue weighted by Gasteiger charge is 1.98. The van der Waals surface area contributed by atoms with Gasteiger partial charge in [0.05, 0.1) is 26.9 Å². The van der Waals surface area contributed by atoms with E-state index >= 15 is 0 Å². The van der Waals surface area contributed by atoms with Crippen molar-refractivity contribution in [3.05, 3.63) is 18.7 Å². The van der Waals surface area contributed by atoms with Gasteiger partial charge in [-0.15, -0.1) is 0 Å². The van der Waals surface area contributed by atoms with Crippen molar-refractivity contribution in [3.63, 3.8) is 0 Å². The van der Waals surface area contributed by atoms with Gasteiger partial charge in [-0.2, -0.15) is 0 Å². The highest BCUT2D eigenvalue weighted by Crippen LogP contribution is 1.84. The van der Waals surface area contributed by atoms with Crippen molar-refractivity contribution in [3.8, 4) is 0 Å². The maximum Gasteiger partial charge on any atom is 0.243 e. The Morgan fingerprint density at radius 1 is 1.46 bits per heavy atom. The van der Waals surface area contributed by atoms with Gasteiger partial charge in [-0.05, 0) is 0 Å². The van der Waals surface area contributed by atoms with Gasteiger partial charge < -0.3 is 22.3 Å². The Morgan fingerprint density at radius 2 is 2.23 bits per heavy atom. The van der Waals surface area contributed by atoms with E-state index in [0.717, 1.165) is 6.54 Å². The topological polar surface area (TPSA) is 38.3 Å². The van der Waals surface area contributed by atoms with E-state index in [1.54, 1.807) is 0 Å². The molecule has 0 aliphatic heterocycles. The fourth-order valence-electron chi connectivity index (χ4n) is 0.971. The molecule has 0 bridgehead atoms. The van der Waals surface area contributed by atoms with Crippen molar-refractivity contribution in [1.82, 2.24) is 4.57 Å². The second-order valence-electron chi connectivity index (χ2n) is 2.65. The van der Waals surface area contributed by atoms with Crippen molar-refractivity contribution < 1.29 is 26.8 Å². The molecule has 0 fully saturated rings. The van der Waals surface area contributed by atoms with Crippen LogP contribution in [0.3, 0.4) is 0 Å². The van der Waals surface area contributed by atoms with Crippen molar-refractivity contribution in [1.29, 1.82) is 0 Å². The smallest absolute Gasteiger partial charge is 0.243 e. The first kappa shape index (κ1) is 12.4. The van der Waals surface area contributed by atoms with Gasteiger partial charge in [0.25, 0.3) is 0 Å². The number of rotatable bonds is 5. The minimum Gasteiger partial charge on any atom is -1.00 e. The SMILES string of the molecule is C[n+]1ccn(CCOCCO)c1.[Cl-]. The van der Waals surface area contributed by atoms with E-state index in [1.807, 2.05) is 34.9 Å². The lowest BCUT2D eigenvalue weighted by molar-refractivity contribution is -0.671. The number of aryl methyl sites for hydroxylation is 1. The number of ether oxygens (including phenoxy) is 1. The molecule has 5 heteroatoms. The molecule has 0 saturated carbocycles. The molecule has 0 aliphatic rings. The lowest BCUT2D eigenvalue weighted by Gasteiger charge is -1.98. The maximum absolute atomic E-state index is 8.43. The average Bonchev–Trinajstić information content (AvgIpc) is 2.45. The van der Waals surface area contributed by atoms with E-state index in [0.29, 0.717) is 13.2 Å². The van der Waals surface area contributed by atoms with Gasteiger partial charge >= 0.3 is 0 Å². The quantitative estimate of drug-likeness (QED) is 0.398. The first-order valence-electron chi connectivity index (χ1n) is 4.02. The summed E-state index contributed by atoms with van der Waals surface area (Å²) in [7, 11) is 1.98. The third-order valence-electron chi connectivity index (χ3n) is 1.55. The molecule has 1 aromatic heterocycles. The van der Waals surface area contributed by atoms with Gasteiger partial charge in [-0.3, -0.25) is 0 Å². The minimum atomic E-state index is 0. The van der Waals surface area contributed by atoms with Gasteiger partial charge in [-0.1, -0.05) is 0 Å². The molecule has 4 nitrogen and oxygen atoms in total. The molecule has 1 N–H and O–H groups in total. The number of nitrogens with zero attached hydrogens (tertiary/aromatic N) is 2. The van der Waals surface area contributed by atoms with Crippen molar-refractivity contribution in [2.75, 3.05) is 19.8 Å². The fourth-order valence-corrected chi connectivity index (χ4v) is 0.971. The van der Waals surface area contributed by atoms with Gasteiger partial charge in [0.15, 0.2) is 0 Å². The highest BCUT2D eigenvalue weighted by atomic mass is 35.5. The number of hydrogen-bond acceptors (Lipinski definition) is 2. The molecule has 0 unspecified atom stereocenters. The molecular weight excluding hydrogens is 192 g/mol. The predicted octanol–water partition coefficient (Wildman–Crippen LogP) is -3.67. The van der Waals surface area contributed by atoms with Crippen molar-refractivity contribution in [2.24, 2.45) is 7.05 Å². The third-order valence-corrected chi connectivity index (χ3v) is 1.55. The van der Waals surface area contributed by atoms with Gasteiger partial charge in [0.2, 0.25) is 6.33 Å². The second-order valence-corrected chi connectivity index (χ2v) is 2.65. The summed E-state index contributed by atoms with van der Waals surface area (Å²) >= 11 is 0. The van der Waals surface area contributed by atoms with Gasteiger partial charge in [-0.25, -0.2) is 9.13 Å². The lowest BCUT2D eigenvalue weighted by Crippen LogP contribution is -3.00. The molecule has 0 spiro atoms. The fraction of sp³-hybridized carbons (Fsp3) is 0.625. The number of aromatic nitrogens is 2. The van der Waals surface area contributed by atoms with Gasteiger partial charge in [0, 0.05) is 0 Å². The maximum atomic E-state index is 8.43. The van der Waals surface area contributed by atoms with Crippen LogP contribution >= 0.6 is 0 Å². The summed E-state index contributed by atoms with van der Waals surface area (Å²) in [5.41, 5.74) is 0. The average molecular weight is 207 g/mol. The summed E-state index contributed by atoms with van der Waals surface area (Å²) in [6, 6.07) is 0. The Bertz CT molecular complexity index is 228. The number of hydrogen-bond donors (Lipinski definition) is 1. The standard InChI is InChI=1S/C8H15N2O2.ClH/c1-9-2-3-10(8-9)4-6-12-7-5-11;/h2-3,8,11H,4-7H2,1H3;1H/q+1;/p-1. The van der Waals surface area contributed by atoms with Crippen LogP contribution in [0.4, 0.5) is 0 Å². The Balaban J connectivity index is 0.00000144. The van der Waals surface area contributed by atoms with Crippen molar-refractivity contribution >= 4 is 0 Å². The van der Waals surface area contributed by atoms with Crippen LogP contribution in [-0.4, -0.2) is 29.5 Å². The Kier molecular flexibility index (Phi) is 6.58. The molecular formula is C8H15ClN2O2. The summed E-state index contributed by atoms with van der Waals surface area (Å²) in [5.74, 6) is 0. The molecule has 0 radical (unpaired) electrons. The lowest BCUT2D eigenvalue weighted by atomic mass is 10.6. The summed E-state index contributed by atoms with van der Waals surface area (Å²) in [4.78, 5) is 0. The number of aliphatic hydroxyl groups is 1. The molecule has 0 atom stereocenters. The van der Waals surface area contributed by atoms with Crippen LogP contribution < -0.4 is 17.0 Å². The summed E-state index contributed by atoms with van der Waals surface area (Å²) in [6.45, 7) is 2.00. The van der Waals surface area contributed by atoms with E-state index in [4.69, 9.17) is 9.84 Å². The number of halogens is 1. The third kappa shape index (κ3) is 4.87. The van der Waals surface area contributed by atoms with E-state index in [-0.39, 0.29) is 19.0 Å². The van der Waals surface area contributed by atoms with E-state index < -0.39 is 0 Å². The summed E-state index contributed by atoms with van der Waals surface area (Å²) in [5, 5.41) is 8.43. The number of aliphatic hydroxyl groups excluding tert-OH is 1. The monoisotopic (exact) mass is 206 g/mol. The molecule has 1 aromatic rings. The van der Waals surface area contributed by atoms with Crippen LogP contribution in [0.5, 0.6) is 0 Å². The Morgan fingerprint density at radius 3 is 2.77 bits per heavy atom. The number of imidazole rings is 1. The summed E-state index contributed by atoms with van der Waals surface area (Å²) in [6.07, 6.45) is 5.96. The molecule has 0 saturated heterocycles. The highest BCUT2D eigenvalue weighted by molar-refractivity contribution is 4.65. The first-order valence-corrected chi connectivity index (χ1v) is 4.02. The molecule has 1 rings (SSSR count). The molecule has 0 amide bonds. The molecule has 76 valence electrons. The molecule has 13 heavy (non-hydrogen) atoms. The molecule has 0 aliphatic carbocycles. The zero-order valence-electron chi connectivity index (χ0n) is 7.69. The summed E-state index contributed by atoms with van der Waals surface area (Å²) < 4.78 is 9.13. The second kappa shape index (κ2) is 6.88. The Hall–Kier alpha value is -0.580. The van der Waals surface area contributed by atoms with E-state index in [2.05, 4.69) is 0 Å². The van der Waals surface area contributed by atoms with E-state index in [9.17, 15) is 0 Å². The van der Waals surface area contributed by atoms with Crippen LogP contribution in [0, 0.1) is 0 Å². The Labute approximate surface area is 84.2 Å². The minimum absolute atomic E-state index is 0. The van der Waals surface area contributed by atoms with Gasteiger partial charge in [0.1, 0.15) is 18.9 Å². The zero-order chi connectivity index (χ0) is 8.81. The molecule has 0 aromatic carbocycles. The van der Waals surface area contributed by atoms with Crippen LogP contribution in [0.1, 0.15) is 0 Å². The largest absolute Gasteiger partial charge is 1.00 e. The van der Waals surface area contributed by atoms with Crippen molar-refractivity contribution in [2.45, 2.75) is 6.54 Å². The normalized spacial score (nSPS) is 9.69. The zero-order valence-corrected chi connectivity index (χ0v) is 8.44. The first-order chi connectivity index (χ1) is 5.83. The molecule has 1 heterocycles. The van der Waals surface area contributed by atoms with Crippen LogP contribution in [0.25, 0.3) is 0 Å². The predicted molar refractivity (Wildman–Crippen MR) is 43.5 cm³/mol. The van der Waals surface area contributed by atoms with Crippen LogP contribution in [0.15, 0.2) is 18.7 Å². The van der Waals surface area contributed by atoms with Crippen LogP contribution in [0.2, 0.25) is 0 Å². The van der Waals surface area contributed by atoms with E-state index in [1.165, 1.54) is 0 Å².